The van der Waals surface area contributed by atoms with Gasteiger partial charge in [0.05, 0.1) is 6.20 Å². The number of nitrogens with one attached hydrogen (secondary N) is 1. The summed E-state index contributed by atoms with van der Waals surface area (Å²) in [5.41, 5.74) is 11.9. The van der Waals surface area contributed by atoms with Crippen molar-refractivity contribution in [3.8, 4) is 0 Å². The van der Waals surface area contributed by atoms with E-state index >= 15 is 0 Å². The molecule has 5 N–H and O–H groups in total. The van der Waals surface area contributed by atoms with Crippen LogP contribution in [0.1, 0.15) is 0 Å². The Hall–Kier alpha value is -1.76. The first kappa shape index (κ1) is 7.87. The number of aromatic nitrogens is 4. The van der Waals surface area contributed by atoms with Gasteiger partial charge < -0.3 is 16.5 Å². The molecule has 0 amide bonds. The van der Waals surface area contributed by atoms with Crippen molar-refractivity contribution in [1.29, 1.82) is 0 Å². The van der Waals surface area contributed by atoms with Gasteiger partial charge in [-0.1, -0.05) is 12.2 Å². The van der Waals surface area contributed by atoms with Crippen molar-refractivity contribution in [3.05, 3.63) is 10.8 Å². The van der Waals surface area contributed by atoms with Crippen LogP contribution in [0, 0.1) is 4.64 Å². The van der Waals surface area contributed by atoms with Crippen molar-refractivity contribution in [1.82, 2.24) is 19.9 Å². The van der Waals surface area contributed by atoms with Gasteiger partial charge >= 0.3 is 0 Å². The normalized spacial score (nSPS) is 10.5. The standard InChI is InChI=1S/C6H6N6S/c7-4-3-5(12-6(8)11-4)10-2(13)1-9-3/h1H,(H5,7,8,10,11,12,13). The third kappa shape index (κ3) is 1.29. The van der Waals surface area contributed by atoms with Gasteiger partial charge in [0.25, 0.3) is 0 Å². The average molecular weight is 194 g/mol. The molecule has 0 fully saturated rings. The number of rotatable bonds is 0. The zero-order valence-electron chi connectivity index (χ0n) is 6.48. The number of hydrogen-bond donors (Lipinski definition) is 3. The molecule has 2 aromatic heterocycles. The van der Waals surface area contributed by atoms with Crippen LogP contribution >= 0.6 is 12.2 Å². The van der Waals surface area contributed by atoms with Gasteiger partial charge in [0, 0.05) is 0 Å². The van der Waals surface area contributed by atoms with E-state index in [-0.39, 0.29) is 11.8 Å². The molecule has 2 heterocycles. The fraction of sp³-hybridized carbons (Fsp3) is 0. The van der Waals surface area contributed by atoms with Crippen molar-refractivity contribution in [2.45, 2.75) is 0 Å². The highest BCUT2D eigenvalue weighted by atomic mass is 32.1. The second kappa shape index (κ2) is 2.63. The first-order valence-electron chi connectivity index (χ1n) is 3.45. The number of aromatic amines is 1. The third-order valence-electron chi connectivity index (χ3n) is 1.48. The Morgan fingerprint density at radius 3 is 2.85 bits per heavy atom. The molecule has 2 rings (SSSR count). The third-order valence-corrected chi connectivity index (χ3v) is 1.69. The van der Waals surface area contributed by atoms with Crippen LogP contribution in [-0.2, 0) is 0 Å². The molecule has 0 aliphatic rings. The van der Waals surface area contributed by atoms with E-state index in [1.165, 1.54) is 6.20 Å². The van der Waals surface area contributed by atoms with Gasteiger partial charge in [-0.15, -0.1) is 0 Å². The van der Waals surface area contributed by atoms with Crippen molar-refractivity contribution in [2.24, 2.45) is 0 Å². The maximum atomic E-state index is 5.56. The molecule has 6 nitrogen and oxygen atoms in total. The smallest absolute Gasteiger partial charge is 0.224 e. The largest absolute Gasteiger partial charge is 0.382 e. The number of fused-ring (bicyclic) bond motifs is 1. The maximum Gasteiger partial charge on any atom is 0.224 e. The Morgan fingerprint density at radius 2 is 2.08 bits per heavy atom. The van der Waals surface area contributed by atoms with E-state index in [0.29, 0.717) is 15.8 Å². The first-order valence-corrected chi connectivity index (χ1v) is 3.85. The number of nitrogens with zero attached hydrogens (tertiary/aromatic N) is 3. The van der Waals surface area contributed by atoms with Crippen LogP contribution in [0.3, 0.4) is 0 Å². The van der Waals surface area contributed by atoms with Gasteiger partial charge in [0.2, 0.25) is 5.95 Å². The predicted molar refractivity (Wildman–Crippen MR) is 51.3 cm³/mol. The molecule has 2 aromatic rings. The van der Waals surface area contributed by atoms with Crippen LogP contribution in [-0.4, -0.2) is 19.9 Å². The molecule has 0 aliphatic carbocycles. The number of hydrogen-bond acceptors (Lipinski definition) is 6. The van der Waals surface area contributed by atoms with E-state index in [4.69, 9.17) is 23.7 Å². The summed E-state index contributed by atoms with van der Waals surface area (Å²) >= 11 is 4.87. The van der Waals surface area contributed by atoms with Crippen LogP contribution in [0.15, 0.2) is 6.20 Å². The lowest BCUT2D eigenvalue weighted by molar-refractivity contribution is 1.16. The first-order chi connectivity index (χ1) is 6.16. The highest BCUT2D eigenvalue weighted by Gasteiger charge is 2.03. The second-order valence-corrected chi connectivity index (χ2v) is 2.85. The monoisotopic (exact) mass is 194 g/mol. The fourth-order valence-corrected chi connectivity index (χ4v) is 1.13. The van der Waals surface area contributed by atoms with Gasteiger partial charge in [-0.2, -0.15) is 9.97 Å². The van der Waals surface area contributed by atoms with Crippen LogP contribution in [0.25, 0.3) is 11.2 Å². The van der Waals surface area contributed by atoms with Gasteiger partial charge in [-0.05, 0) is 0 Å². The molecule has 0 atom stereocenters. The molecule has 0 spiro atoms. The number of nitrogens with two attached hydrogens (primary N) is 2. The zero-order chi connectivity index (χ0) is 9.42. The highest BCUT2D eigenvalue weighted by Crippen LogP contribution is 2.12. The maximum absolute atomic E-state index is 5.56. The summed E-state index contributed by atoms with van der Waals surface area (Å²) in [6.07, 6.45) is 1.48. The Morgan fingerprint density at radius 1 is 1.31 bits per heavy atom. The summed E-state index contributed by atoms with van der Waals surface area (Å²) in [4.78, 5) is 14.5. The summed E-state index contributed by atoms with van der Waals surface area (Å²) in [5.74, 6) is 0.345. The summed E-state index contributed by atoms with van der Waals surface area (Å²) < 4.78 is 0.477. The minimum Gasteiger partial charge on any atom is -0.382 e. The SMILES string of the molecule is Nc1nc(N)c2ncc(=S)[nH]c2n1. The van der Waals surface area contributed by atoms with Gasteiger partial charge in [-0.3, -0.25) is 0 Å². The molecule has 66 valence electrons. The molecule has 13 heavy (non-hydrogen) atoms. The molecule has 0 aromatic carbocycles. The molecule has 0 saturated heterocycles. The fourth-order valence-electron chi connectivity index (χ4n) is 0.977. The van der Waals surface area contributed by atoms with Crippen LogP contribution in [0.5, 0.6) is 0 Å². The second-order valence-electron chi connectivity index (χ2n) is 2.41. The van der Waals surface area contributed by atoms with E-state index < -0.39 is 0 Å². The minimum absolute atomic E-state index is 0.101. The van der Waals surface area contributed by atoms with Crippen molar-refractivity contribution >= 4 is 35.1 Å². The molecule has 0 bridgehead atoms. The zero-order valence-corrected chi connectivity index (χ0v) is 7.30. The van der Waals surface area contributed by atoms with Crippen molar-refractivity contribution in [3.63, 3.8) is 0 Å². The Labute approximate surface area is 78.0 Å². The number of anilines is 2. The Kier molecular flexibility index (Phi) is 1.59. The Balaban J connectivity index is 2.94. The van der Waals surface area contributed by atoms with Gasteiger partial charge in [0.15, 0.2) is 11.5 Å². The summed E-state index contributed by atoms with van der Waals surface area (Å²) in [6.45, 7) is 0. The van der Waals surface area contributed by atoms with Gasteiger partial charge in [0.1, 0.15) is 10.2 Å². The van der Waals surface area contributed by atoms with E-state index in [1.807, 2.05) is 0 Å². The van der Waals surface area contributed by atoms with Crippen molar-refractivity contribution in [2.75, 3.05) is 11.5 Å². The minimum atomic E-state index is 0.101. The molecule has 0 radical (unpaired) electrons. The van der Waals surface area contributed by atoms with Crippen LogP contribution in [0.4, 0.5) is 11.8 Å². The number of H-pyrrole nitrogens is 1. The van der Waals surface area contributed by atoms with E-state index in [2.05, 4.69) is 19.9 Å². The average Bonchev–Trinajstić information content (AvgIpc) is 2.02. The molecule has 0 aliphatic heterocycles. The molecular weight excluding hydrogens is 188 g/mol. The van der Waals surface area contributed by atoms with Crippen LogP contribution in [0.2, 0.25) is 0 Å². The predicted octanol–water partition coefficient (Wildman–Crippen LogP) is 0.247. The lowest BCUT2D eigenvalue weighted by Crippen LogP contribution is -2.02. The molecule has 0 saturated carbocycles. The topological polar surface area (TPSA) is 106 Å². The molecular formula is C6H6N6S. The summed E-state index contributed by atoms with van der Waals surface area (Å²) in [7, 11) is 0. The van der Waals surface area contributed by atoms with Gasteiger partial charge in [-0.25, -0.2) is 4.98 Å². The molecule has 0 unspecified atom stereocenters. The van der Waals surface area contributed by atoms with Crippen molar-refractivity contribution < 1.29 is 0 Å². The van der Waals surface area contributed by atoms with E-state index in [9.17, 15) is 0 Å². The van der Waals surface area contributed by atoms with Crippen LogP contribution < -0.4 is 11.5 Å². The summed E-state index contributed by atoms with van der Waals surface area (Å²) in [6, 6.07) is 0. The lowest BCUT2D eigenvalue weighted by atomic mass is 10.5. The number of nitrogen functional groups attached to an aromatic ring is 2. The van der Waals surface area contributed by atoms with E-state index in [1.54, 1.807) is 0 Å². The van der Waals surface area contributed by atoms with E-state index in [0.717, 1.165) is 0 Å². The molecule has 7 heteroatoms. The quantitative estimate of drug-likeness (QED) is 0.519. The lowest BCUT2D eigenvalue weighted by Gasteiger charge is -1.99. The summed E-state index contributed by atoms with van der Waals surface area (Å²) in [5, 5.41) is 0. The Bertz CT molecular complexity index is 518. The highest BCUT2D eigenvalue weighted by molar-refractivity contribution is 7.71.